The lowest BCUT2D eigenvalue weighted by Crippen LogP contribution is -2.48. The van der Waals surface area contributed by atoms with Gasteiger partial charge < -0.3 is 24.6 Å². The van der Waals surface area contributed by atoms with Crippen LogP contribution in [0.5, 0.6) is 5.75 Å². The van der Waals surface area contributed by atoms with Gasteiger partial charge in [-0.05, 0) is 112 Å². The second-order valence-electron chi connectivity index (χ2n) is 14.7. The van der Waals surface area contributed by atoms with Gasteiger partial charge in [0.25, 0.3) is 0 Å². The van der Waals surface area contributed by atoms with Crippen LogP contribution in [0.25, 0.3) is 10.4 Å². The number of aryl methyl sites for hydroxylation is 1. The first-order valence-electron chi connectivity index (χ1n) is 18.2. The zero-order valence-corrected chi connectivity index (χ0v) is 30.6. The summed E-state index contributed by atoms with van der Waals surface area (Å²) in [6, 6.07) is 10.6. The van der Waals surface area contributed by atoms with E-state index in [9.17, 15) is 9.59 Å². The number of carbonyl (C=O) groups is 2. The number of likely N-dealkylation sites (N-methyl/N-ethyl adjacent to an activating group) is 1. The number of methoxy groups -OCH3 is 1. The lowest BCUT2D eigenvalue weighted by Gasteiger charge is -2.36. The average Bonchev–Trinajstić information content (AvgIpc) is 3.63. The number of amides is 2. The molecule has 2 aliphatic carbocycles. The van der Waals surface area contributed by atoms with Crippen molar-refractivity contribution in [3.63, 3.8) is 0 Å². The minimum atomic E-state index is -0.214. The van der Waals surface area contributed by atoms with Crippen LogP contribution in [-0.4, -0.2) is 78.2 Å². The summed E-state index contributed by atoms with van der Waals surface area (Å²) in [7, 11) is 3.79. The highest BCUT2D eigenvalue weighted by Crippen LogP contribution is 2.42. The Balaban J connectivity index is 1.13. The van der Waals surface area contributed by atoms with Gasteiger partial charge in [-0.3, -0.25) is 9.78 Å². The predicted octanol–water partition coefficient (Wildman–Crippen LogP) is 7.72. The molecule has 3 heterocycles. The summed E-state index contributed by atoms with van der Waals surface area (Å²) >= 11 is 1.73. The molecule has 2 amide bonds. The van der Waals surface area contributed by atoms with Gasteiger partial charge in [0.05, 0.1) is 28.7 Å². The molecule has 3 fully saturated rings. The second-order valence-corrected chi connectivity index (χ2v) is 15.7. The highest BCUT2D eigenvalue weighted by atomic mass is 32.1. The van der Waals surface area contributed by atoms with Gasteiger partial charge in [-0.25, -0.2) is 9.78 Å². The molecule has 10 heteroatoms. The molecule has 1 N–H and O–H groups in total. The van der Waals surface area contributed by atoms with Crippen LogP contribution in [0.2, 0.25) is 0 Å². The number of carbonyl (C=O) groups excluding carboxylic acids is 2. The number of nitrogens with one attached hydrogen (secondary N) is 1. The standard InChI is InChI=1S/C39H53N5O4S/c1-25(2)38-41-24-35(49-38)31-16-17-40-33(23-31)36(28-8-6-27(7-9-28)30-12-15-34(47-5)26(3)22-30)42-37(45)29-10-13-32(14-11-29)48-39(46)44-20-18-43(4)19-21-44/h12,15-17,22-25,27-29,32,36H,6-11,13-14,18-21H2,1-5H3,(H,42,45). The van der Waals surface area contributed by atoms with Gasteiger partial charge in [0.2, 0.25) is 5.91 Å². The molecule has 1 unspecified atom stereocenters. The molecule has 2 saturated carbocycles. The average molecular weight is 688 g/mol. The number of benzene rings is 1. The zero-order chi connectivity index (χ0) is 34.5. The maximum absolute atomic E-state index is 14.0. The lowest BCUT2D eigenvalue weighted by molar-refractivity contribution is -0.128. The highest BCUT2D eigenvalue weighted by Gasteiger charge is 2.35. The Hall–Kier alpha value is -3.50. The Kier molecular flexibility index (Phi) is 11.6. The van der Waals surface area contributed by atoms with Gasteiger partial charge in [-0.15, -0.1) is 11.3 Å². The third-order valence-corrected chi connectivity index (χ3v) is 12.3. The maximum Gasteiger partial charge on any atom is 0.410 e. The van der Waals surface area contributed by atoms with E-state index < -0.39 is 0 Å². The first-order chi connectivity index (χ1) is 23.7. The molecule has 0 bridgehead atoms. The summed E-state index contributed by atoms with van der Waals surface area (Å²) in [4.78, 5) is 41.4. The van der Waals surface area contributed by atoms with E-state index in [1.54, 1.807) is 18.4 Å². The minimum absolute atomic E-state index is 0.0915. The van der Waals surface area contributed by atoms with Crippen molar-refractivity contribution in [2.24, 2.45) is 11.8 Å². The highest BCUT2D eigenvalue weighted by molar-refractivity contribution is 7.15. The van der Waals surface area contributed by atoms with Crippen LogP contribution < -0.4 is 10.1 Å². The normalized spacial score (nSPS) is 24.0. The molecule has 1 aliphatic heterocycles. The molecule has 6 rings (SSSR count). The van der Waals surface area contributed by atoms with Crippen molar-refractivity contribution in [3.05, 3.63) is 64.6 Å². The van der Waals surface area contributed by atoms with Crippen LogP contribution in [0.3, 0.4) is 0 Å². The molecule has 0 spiro atoms. The number of pyridine rings is 1. The van der Waals surface area contributed by atoms with E-state index in [-0.39, 0.29) is 36.0 Å². The molecule has 264 valence electrons. The Morgan fingerprint density at radius 2 is 1.67 bits per heavy atom. The van der Waals surface area contributed by atoms with Gasteiger partial charge in [0, 0.05) is 50.4 Å². The second kappa shape index (κ2) is 16.0. The number of nitrogens with zero attached hydrogens (tertiary/aromatic N) is 4. The van der Waals surface area contributed by atoms with Gasteiger partial charge >= 0.3 is 6.09 Å². The smallest absolute Gasteiger partial charge is 0.410 e. The summed E-state index contributed by atoms with van der Waals surface area (Å²) in [6.07, 6.45) is 10.5. The molecule has 1 atom stereocenters. The lowest BCUT2D eigenvalue weighted by atomic mass is 9.74. The van der Waals surface area contributed by atoms with E-state index >= 15 is 0 Å². The monoisotopic (exact) mass is 687 g/mol. The van der Waals surface area contributed by atoms with E-state index in [1.165, 1.54) is 11.1 Å². The number of thiazole rings is 1. The van der Waals surface area contributed by atoms with E-state index in [2.05, 4.69) is 67.3 Å². The van der Waals surface area contributed by atoms with Crippen molar-refractivity contribution in [2.75, 3.05) is 40.3 Å². The maximum atomic E-state index is 14.0. The first kappa shape index (κ1) is 35.3. The fraction of sp³-hybridized carbons (Fsp3) is 0.590. The SMILES string of the molecule is COc1ccc(C2CCC(C(NC(=O)C3CCC(OC(=O)N4CCN(C)CC4)CC3)c3cc(-c4cnc(C(C)C)s4)ccn3)CC2)cc1C. The molecule has 1 saturated heterocycles. The van der Waals surface area contributed by atoms with Crippen LogP contribution in [0.15, 0.2) is 42.7 Å². The number of ether oxygens (including phenoxy) is 2. The third-order valence-electron chi connectivity index (χ3n) is 10.9. The van der Waals surface area contributed by atoms with Gasteiger partial charge in [-0.1, -0.05) is 26.0 Å². The molecular formula is C39H53N5O4S. The minimum Gasteiger partial charge on any atom is -0.496 e. The fourth-order valence-corrected chi connectivity index (χ4v) is 8.67. The van der Waals surface area contributed by atoms with Crippen LogP contribution in [0, 0.1) is 18.8 Å². The topological polar surface area (TPSA) is 96.9 Å². The van der Waals surface area contributed by atoms with Crippen molar-refractivity contribution in [1.29, 1.82) is 0 Å². The number of rotatable bonds is 9. The Morgan fingerprint density at radius 3 is 2.33 bits per heavy atom. The summed E-state index contributed by atoms with van der Waals surface area (Å²) in [6.45, 7) is 9.58. The van der Waals surface area contributed by atoms with Crippen molar-refractivity contribution in [1.82, 2.24) is 25.1 Å². The number of piperazine rings is 1. The summed E-state index contributed by atoms with van der Waals surface area (Å²) in [5.41, 5.74) is 4.55. The van der Waals surface area contributed by atoms with E-state index in [0.717, 1.165) is 78.5 Å². The van der Waals surface area contributed by atoms with Gasteiger partial charge in [0.1, 0.15) is 11.9 Å². The summed E-state index contributed by atoms with van der Waals surface area (Å²) in [5.74, 6) is 2.08. The molecule has 49 heavy (non-hydrogen) atoms. The molecule has 2 aromatic heterocycles. The number of hydrogen-bond donors (Lipinski definition) is 1. The van der Waals surface area contributed by atoms with Crippen LogP contribution >= 0.6 is 11.3 Å². The van der Waals surface area contributed by atoms with Crippen molar-refractivity contribution in [2.45, 2.75) is 96.1 Å². The van der Waals surface area contributed by atoms with E-state index in [0.29, 0.717) is 37.8 Å². The molecule has 0 radical (unpaired) electrons. The Labute approximate surface area is 295 Å². The van der Waals surface area contributed by atoms with E-state index in [4.69, 9.17) is 14.5 Å². The predicted molar refractivity (Wildman–Crippen MR) is 194 cm³/mol. The Morgan fingerprint density at radius 1 is 0.939 bits per heavy atom. The quantitative estimate of drug-likeness (QED) is 0.246. The number of hydrogen-bond acceptors (Lipinski definition) is 8. The first-order valence-corrected chi connectivity index (χ1v) is 19.0. The molecule has 3 aromatic rings. The summed E-state index contributed by atoms with van der Waals surface area (Å²) < 4.78 is 11.4. The summed E-state index contributed by atoms with van der Waals surface area (Å²) in [5, 5.41) is 4.63. The number of aromatic nitrogens is 2. The zero-order valence-electron chi connectivity index (χ0n) is 29.8. The molecular weight excluding hydrogens is 635 g/mol. The van der Waals surface area contributed by atoms with Gasteiger partial charge in [0.15, 0.2) is 0 Å². The molecule has 9 nitrogen and oxygen atoms in total. The van der Waals surface area contributed by atoms with Crippen molar-refractivity contribution in [3.8, 4) is 16.2 Å². The van der Waals surface area contributed by atoms with Crippen LogP contribution in [0.4, 0.5) is 4.79 Å². The molecule has 1 aromatic carbocycles. The van der Waals surface area contributed by atoms with Crippen LogP contribution in [-0.2, 0) is 9.53 Å². The van der Waals surface area contributed by atoms with Crippen molar-refractivity contribution >= 4 is 23.3 Å². The Bertz CT molecular complexity index is 1570. The van der Waals surface area contributed by atoms with E-state index in [1.807, 2.05) is 23.4 Å². The van der Waals surface area contributed by atoms with Crippen LogP contribution in [0.1, 0.15) is 105 Å². The van der Waals surface area contributed by atoms with Crippen molar-refractivity contribution < 1.29 is 19.1 Å². The third kappa shape index (κ3) is 8.63. The van der Waals surface area contributed by atoms with Gasteiger partial charge in [-0.2, -0.15) is 0 Å². The fourth-order valence-electron chi connectivity index (χ4n) is 7.75. The largest absolute Gasteiger partial charge is 0.496 e. The molecule has 3 aliphatic rings.